The van der Waals surface area contributed by atoms with Crippen molar-refractivity contribution in [2.75, 3.05) is 16.8 Å². The number of nitrogens with one attached hydrogen (secondary N) is 1. The first-order valence-corrected chi connectivity index (χ1v) is 8.37. The lowest BCUT2D eigenvalue weighted by Crippen LogP contribution is -2.39. The molecule has 1 aromatic carbocycles. The van der Waals surface area contributed by atoms with Gasteiger partial charge in [-0.15, -0.1) is 0 Å². The molecule has 1 amide bonds. The smallest absolute Gasteiger partial charge is 0.274 e. The van der Waals surface area contributed by atoms with Crippen molar-refractivity contribution in [2.24, 2.45) is 0 Å². The van der Waals surface area contributed by atoms with E-state index in [1.165, 1.54) is 19.3 Å². The molecule has 0 bridgehead atoms. The molecule has 1 fully saturated rings. The van der Waals surface area contributed by atoms with Crippen LogP contribution in [0.1, 0.15) is 43.1 Å². The van der Waals surface area contributed by atoms with Crippen LogP contribution in [0.2, 0.25) is 0 Å². The van der Waals surface area contributed by atoms with E-state index in [1.54, 1.807) is 0 Å². The topological polar surface area (TPSA) is 45.2 Å². The van der Waals surface area contributed by atoms with Gasteiger partial charge in [-0.2, -0.15) is 0 Å². The molecule has 120 valence electrons. The molecule has 1 atom stereocenters. The van der Waals surface area contributed by atoms with E-state index in [0.717, 1.165) is 24.3 Å². The number of anilines is 2. The highest BCUT2D eigenvalue weighted by molar-refractivity contribution is 6.02. The summed E-state index contributed by atoms with van der Waals surface area (Å²) < 4.78 is 0. The summed E-state index contributed by atoms with van der Waals surface area (Å²) in [6, 6.07) is 13.9. The number of hydrogen-bond donors (Lipinski definition) is 1. The molecule has 4 nitrogen and oxygen atoms in total. The summed E-state index contributed by atoms with van der Waals surface area (Å²) in [5.74, 6) is -0.173. The second kappa shape index (κ2) is 7.27. The van der Waals surface area contributed by atoms with E-state index < -0.39 is 0 Å². The zero-order chi connectivity index (χ0) is 16.1. The molecule has 1 aliphatic rings. The third-order valence-electron chi connectivity index (χ3n) is 4.44. The van der Waals surface area contributed by atoms with Gasteiger partial charge in [-0.05, 0) is 49.9 Å². The Hall–Kier alpha value is -2.36. The summed E-state index contributed by atoms with van der Waals surface area (Å²) >= 11 is 0. The van der Waals surface area contributed by atoms with Crippen molar-refractivity contribution in [2.45, 2.75) is 38.6 Å². The van der Waals surface area contributed by atoms with E-state index in [9.17, 15) is 4.79 Å². The highest BCUT2D eigenvalue weighted by Gasteiger charge is 2.21. The van der Waals surface area contributed by atoms with E-state index in [4.69, 9.17) is 0 Å². The van der Waals surface area contributed by atoms with Crippen molar-refractivity contribution in [3.63, 3.8) is 0 Å². The molecule has 2 aromatic rings. The number of carbonyl (C=O) groups is 1. The fraction of sp³-hybridized carbons (Fsp3) is 0.368. The monoisotopic (exact) mass is 309 g/mol. The van der Waals surface area contributed by atoms with E-state index in [1.807, 2.05) is 48.7 Å². The van der Waals surface area contributed by atoms with Crippen molar-refractivity contribution >= 4 is 17.3 Å². The number of para-hydroxylation sites is 1. The number of amides is 1. The number of nitrogens with zero attached hydrogens (tertiary/aromatic N) is 2. The summed E-state index contributed by atoms with van der Waals surface area (Å²) in [5, 5.41) is 2.86. The largest absolute Gasteiger partial charge is 0.367 e. The van der Waals surface area contributed by atoms with Gasteiger partial charge < -0.3 is 10.2 Å². The Morgan fingerprint density at radius 1 is 1.22 bits per heavy atom. The lowest BCUT2D eigenvalue weighted by atomic mass is 9.99. The van der Waals surface area contributed by atoms with E-state index in [2.05, 4.69) is 22.1 Å². The molecule has 1 aliphatic heterocycles. The highest BCUT2D eigenvalue weighted by Crippen LogP contribution is 2.26. The predicted octanol–water partition coefficient (Wildman–Crippen LogP) is 4.10. The van der Waals surface area contributed by atoms with Gasteiger partial charge in [-0.3, -0.25) is 4.79 Å². The molecule has 23 heavy (non-hydrogen) atoms. The predicted molar refractivity (Wildman–Crippen MR) is 93.9 cm³/mol. The summed E-state index contributed by atoms with van der Waals surface area (Å²) in [7, 11) is 0. The average molecular weight is 309 g/mol. The maximum absolute atomic E-state index is 12.2. The summed E-state index contributed by atoms with van der Waals surface area (Å²) in [6.07, 6.45) is 6.75. The van der Waals surface area contributed by atoms with Crippen molar-refractivity contribution in [1.29, 1.82) is 0 Å². The van der Waals surface area contributed by atoms with Crippen LogP contribution in [0.15, 0.2) is 48.7 Å². The zero-order valence-electron chi connectivity index (χ0n) is 13.5. The number of rotatable bonds is 4. The average Bonchev–Trinajstić information content (AvgIpc) is 2.62. The van der Waals surface area contributed by atoms with Crippen molar-refractivity contribution < 1.29 is 4.79 Å². The van der Waals surface area contributed by atoms with Crippen LogP contribution in [0.25, 0.3) is 0 Å². The van der Waals surface area contributed by atoms with Gasteiger partial charge in [0.1, 0.15) is 5.69 Å². The van der Waals surface area contributed by atoms with Gasteiger partial charge >= 0.3 is 0 Å². The quantitative estimate of drug-likeness (QED) is 0.924. The first-order valence-electron chi connectivity index (χ1n) is 8.37. The van der Waals surface area contributed by atoms with Gasteiger partial charge in [-0.25, -0.2) is 4.98 Å². The molecule has 0 saturated carbocycles. The molecular weight excluding hydrogens is 286 g/mol. The standard InChI is InChI=1S/C19H23N3O/c1-2-16-10-6-7-13-22(16)17-11-12-18(20-14-17)19(23)21-15-8-4-3-5-9-15/h3-5,8-9,11-12,14,16H,2,6-7,10,13H2,1H3,(H,21,23). The third kappa shape index (κ3) is 3.70. The van der Waals surface area contributed by atoms with Crippen LogP contribution in [0, 0.1) is 0 Å². The Morgan fingerprint density at radius 2 is 2.04 bits per heavy atom. The fourth-order valence-electron chi connectivity index (χ4n) is 3.17. The molecule has 3 rings (SSSR count). The minimum atomic E-state index is -0.173. The first kappa shape index (κ1) is 15.5. The third-order valence-corrected chi connectivity index (χ3v) is 4.44. The van der Waals surface area contributed by atoms with Crippen LogP contribution in [-0.4, -0.2) is 23.5 Å². The number of aromatic nitrogens is 1. The number of hydrogen-bond acceptors (Lipinski definition) is 3. The Bertz CT molecular complexity index is 639. The summed E-state index contributed by atoms with van der Waals surface area (Å²) in [5.41, 5.74) is 2.35. The van der Waals surface area contributed by atoms with Gasteiger partial charge in [0.2, 0.25) is 0 Å². The zero-order valence-corrected chi connectivity index (χ0v) is 13.5. The van der Waals surface area contributed by atoms with Crippen LogP contribution in [0.3, 0.4) is 0 Å². The molecule has 2 heterocycles. The molecule has 4 heteroatoms. The Labute approximate surface area is 137 Å². The van der Waals surface area contributed by atoms with Crippen LogP contribution in [0.4, 0.5) is 11.4 Å². The maximum Gasteiger partial charge on any atom is 0.274 e. The van der Waals surface area contributed by atoms with Gasteiger partial charge in [0, 0.05) is 18.3 Å². The van der Waals surface area contributed by atoms with Crippen molar-refractivity contribution in [3.05, 3.63) is 54.4 Å². The lowest BCUT2D eigenvalue weighted by Gasteiger charge is -2.37. The molecule has 0 aliphatic carbocycles. The maximum atomic E-state index is 12.2. The molecule has 0 radical (unpaired) electrons. The summed E-state index contributed by atoms with van der Waals surface area (Å²) in [4.78, 5) is 19.0. The molecule has 1 N–H and O–H groups in total. The van der Waals surface area contributed by atoms with E-state index >= 15 is 0 Å². The van der Waals surface area contributed by atoms with Crippen molar-refractivity contribution in [1.82, 2.24) is 4.98 Å². The number of pyridine rings is 1. The second-order valence-corrected chi connectivity index (χ2v) is 5.97. The van der Waals surface area contributed by atoms with Gasteiger partial charge in [0.15, 0.2) is 0 Å². The molecule has 0 spiro atoms. The van der Waals surface area contributed by atoms with Gasteiger partial charge in [0.25, 0.3) is 5.91 Å². The Morgan fingerprint density at radius 3 is 2.74 bits per heavy atom. The lowest BCUT2D eigenvalue weighted by molar-refractivity contribution is 0.102. The van der Waals surface area contributed by atoms with Gasteiger partial charge in [-0.1, -0.05) is 25.1 Å². The first-order chi connectivity index (χ1) is 11.3. The van der Waals surface area contributed by atoms with E-state index in [-0.39, 0.29) is 5.91 Å². The van der Waals surface area contributed by atoms with Crippen LogP contribution in [0.5, 0.6) is 0 Å². The SMILES string of the molecule is CCC1CCCCN1c1ccc(C(=O)Nc2ccccc2)nc1. The van der Waals surface area contributed by atoms with Crippen molar-refractivity contribution in [3.8, 4) is 0 Å². The molecular formula is C19H23N3O. The van der Waals surface area contributed by atoms with E-state index in [0.29, 0.717) is 11.7 Å². The summed E-state index contributed by atoms with van der Waals surface area (Å²) in [6.45, 7) is 3.31. The molecule has 1 saturated heterocycles. The van der Waals surface area contributed by atoms with Crippen LogP contribution >= 0.6 is 0 Å². The normalized spacial score (nSPS) is 17.8. The highest BCUT2D eigenvalue weighted by atomic mass is 16.1. The molecule has 1 unspecified atom stereocenters. The van der Waals surface area contributed by atoms with Gasteiger partial charge in [0.05, 0.1) is 11.9 Å². The number of piperidine rings is 1. The minimum Gasteiger partial charge on any atom is -0.367 e. The minimum absolute atomic E-state index is 0.173. The Kier molecular flexibility index (Phi) is 4.91. The van der Waals surface area contributed by atoms with Crippen LogP contribution in [-0.2, 0) is 0 Å². The molecule has 1 aromatic heterocycles. The second-order valence-electron chi connectivity index (χ2n) is 5.97. The number of benzene rings is 1. The van der Waals surface area contributed by atoms with Crippen LogP contribution < -0.4 is 10.2 Å². The Balaban J connectivity index is 1.70. The fourth-order valence-corrected chi connectivity index (χ4v) is 3.17. The number of carbonyl (C=O) groups excluding carboxylic acids is 1.